The molecule has 0 aliphatic carbocycles. The Labute approximate surface area is 208 Å². The molecule has 37 heavy (non-hydrogen) atoms. The van der Waals surface area contributed by atoms with Gasteiger partial charge in [-0.1, -0.05) is 12.1 Å². The van der Waals surface area contributed by atoms with Crippen molar-refractivity contribution in [1.29, 1.82) is 0 Å². The predicted molar refractivity (Wildman–Crippen MR) is 124 cm³/mol. The van der Waals surface area contributed by atoms with Crippen molar-refractivity contribution in [3.63, 3.8) is 0 Å². The molecule has 1 aromatic carbocycles. The minimum absolute atomic E-state index is 0.219. The summed E-state index contributed by atoms with van der Waals surface area (Å²) in [7, 11) is 0. The number of hydrogen-bond acceptors (Lipinski definition) is 6. The zero-order valence-electron chi connectivity index (χ0n) is 19.9. The second-order valence-electron chi connectivity index (χ2n) is 8.57. The number of fused-ring (bicyclic) bond motifs is 1. The van der Waals surface area contributed by atoms with E-state index in [1.165, 1.54) is 19.3 Å². The van der Waals surface area contributed by atoms with Gasteiger partial charge in [0.05, 0.1) is 17.0 Å². The van der Waals surface area contributed by atoms with Crippen molar-refractivity contribution < 1.29 is 36.2 Å². The van der Waals surface area contributed by atoms with Gasteiger partial charge in [-0.3, -0.25) is 0 Å². The van der Waals surface area contributed by atoms with Crippen LogP contribution in [-0.4, -0.2) is 45.3 Å². The molecule has 200 valence electrons. The maximum atomic E-state index is 13.3. The number of piperidine rings is 1. The lowest BCUT2D eigenvalue weighted by Gasteiger charge is -2.23. The van der Waals surface area contributed by atoms with Crippen LogP contribution in [0.1, 0.15) is 54.0 Å². The Balaban J connectivity index is 0.000000479. The fourth-order valence-electron chi connectivity index (χ4n) is 4.17. The van der Waals surface area contributed by atoms with E-state index in [2.05, 4.69) is 31.7 Å². The van der Waals surface area contributed by atoms with Crippen molar-refractivity contribution in [3.05, 3.63) is 59.0 Å². The van der Waals surface area contributed by atoms with Crippen molar-refractivity contribution in [3.8, 4) is 0 Å². The summed E-state index contributed by atoms with van der Waals surface area (Å²) < 4.78 is 71.6. The summed E-state index contributed by atoms with van der Waals surface area (Å²) in [6.07, 6.45) is -4.08. The average molecular weight is 529 g/mol. The highest BCUT2D eigenvalue weighted by atomic mass is 19.4. The van der Waals surface area contributed by atoms with Gasteiger partial charge in [-0.15, -0.1) is 0 Å². The van der Waals surface area contributed by atoms with Crippen LogP contribution >= 0.6 is 0 Å². The Bertz CT molecular complexity index is 1240. The molecule has 0 saturated carbocycles. The lowest BCUT2D eigenvalue weighted by Crippen LogP contribution is -2.26. The zero-order chi connectivity index (χ0) is 27.4. The molecule has 0 amide bonds. The molecule has 7 nitrogen and oxygen atoms in total. The Kier molecular flexibility index (Phi) is 8.57. The number of benzene rings is 1. The van der Waals surface area contributed by atoms with Gasteiger partial charge in [0.2, 0.25) is 0 Å². The van der Waals surface area contributed by atoms with Gasteiger partial charge >= 0.3 is 18.3 Å². The lowest BCUT2D eigenvalue weighted by molar-refractivity contribution is -0.192. The molecule has 3 N–H and O–H groups in total. The largest absolute Gasteiger partial charge is 0.490 e. The second-order valence-corrected chi connectivity index (χ2v) is 8.57. The Hall–Kier alpha value is -3.48. The van der Waals surface area contributed by atoms with Crippen LogP contribution < -0.4 is 10.6 Å². The minimum Gasteiger partial charge on any atom is -0.475 e. The van der Waals surface area contributed by atoms with Gasteiger partial charge in [-0.05, 0) is 74.5 Å². The number of aliphatic carboxylic acids is 1. The topological polar surface area (TPSA) is 100 Å². The van der Waals surface area contributed by atoms with Crippen LogP contribution in [-0.2, 0) is 11.0 Å². The molecule has 0 unspecified atom stereocenters. The van der Waals surface area contributed by atoms with Gasteiger partial charge in [0.15, 0.2) is 5.65 Å². The summed E-state index contributed by atoms with van der Waals surface area (Å²) in [6.45, 7) is 5.29. The maximum Gasteiger partial charge on any atom is 0.490 e. The monoisotopic (exact) mass is 529 g/mol. The number of halogens is 6. The third-order valence-electron chi connectivity index (χ3n) is 6.06. The number of anilines is 1. The molecule has 0 bridgehead atoms. The van der Waals surface area contributed by atoms with Crippen LogP contribution in [0.25, 0.3) is 11.0 Å². The van der Waals surface area contributed by atoms with Crippen molar-refractivity contribution in [1.82, 2.24) is 20.3 Å². The summed E-state index contributed by atoms with van der Waals surface area (Å²) in [6, 6.07) is 5.96. The number of nitrogens with one attached hydrogen (secondary N) is 2. The van der Waals surface area contributed by atoms with Crippen LogP contribution in [0.15, 0.2) is 36.8 Å². The number of rotatable bonds is 4. The third kappa shape index (κ3) is 7.06. The molecule has 1 saturated heterocycles. The summed E-state index contributed by atoms with van der Waals surface area (Å²) in [5, 5.41) is 14.5. The summed E-state index contributed by atoms with van der Waals surface area (Å²) >= 11 is 0. The van der Waals surface area contributed by atoms with Gasteiger partial charge in [-0.2, -0.15) is 26.3 Å². The van der Waals surface area contributed by atoms with Gasteiger partial charge in [0.25, 0.3) is 0 Å². The summed E-state index contributed by atoms with van der Waals surface area (Å²) in [5.74, 6) is -1.75. The average Bonchev–Trinajstić information content (AvgIpc) is 2.83. The molecule has 0 spiro atoms. The van der Waals surface area contributed by atoms with E-state index < -0.39 is 23.9 Å². The normalized spacial score (nSPS) is 15.6. The number of alkyl halides is 6. The van der Waals surface area contributed by atoms with Crippen molar-refractivity contribution >= 4 is 22.8 Å². The summed E-state index contributed by atoms with van der Waals surface area (Å²) in [5.41, 5.74) is 1.90. The first-order chi connectivity index (χ1) is 17.3. The highest BCUT2D eigenvalue weighted by molar-refractivity contribution is 5.86. The zero-order valence-corrected chi connectivity index (χ0v) is 19.9. The fourth-order valence-corrected chi connectivity index (χ4v) is 4.17. The number of hydrogen-bond donors (Lipinski definition) is 3. The van der Waals surface area contributed by atoms with Gasteiger partial charge in [-0.25, -0.2) is 19.7 Å². The van der Waals surface area contributed by atoms with Crippen LogP contribution in [0, 0.1) is 6.92 Å². The first kappa shape index (κ1) is 28.1. The van der Waals surface area contributed by atoms with Gasteiger partial charge < -0.3 is 15.7 Å². The standard InChI is InChI=1S/C22H24F3N5.C2HF3O2/c1-13-17(4-3-5-19(13)22(23,24)25)14(2)30-21-18-10-16(15-6-8-26-9-7-15)11-27-20(18)28-12-29-21;3-2(4,5)1(6)7/h3-5,10-12,14-15,26H,6-9H2,1-2H3,(H,27,28,29,30);(H,6,7)/t14-;/m1./s1. The number of aromatic nitrogens is 3. The van der Waals surface area contributed by atoms with E-state index in [4.69, 9.17) is 9.90 Å². The molecular weight excluding hydrogens is 504 g/mol. The molecule has 0 radical (unpaired) electrons. The molecule has 1 fully saturated rings. The third-order valence-corrected chi connectivity index (χ3v) is 6.06. The van der Waals surface area contributed by atoms with E-state index in [0.29, 0.717) is 22.9 Å². The molecule has 13 heteroatoms. The smallest absolute Gasteiger partial charge is 0.475 e. The highest BCUT2D eigenvalue weighted by Crippen LogP contribution is 2.36. The molecule has 3 aromatic rings. The number of carboxylic acid groups (broad SMARTS) is 1. The first-order valence-electron chi connectivity index (χ1n) is 11.3. The Morgan fingerprint density at radius 2 is 1.76 bits per heavy atom. The number of pyridine rings is 1. The number of nitrogens with zero attached hydrogens (tertiary/aromatic N) is 3. The molecule has 1 aliphatic heterocycles. The van der Waals surface area contributed by atoms with E-state index in [9.17, 15) is 26.3 Å². The second kappa shape index (κ2) is 11.3. The first-order valence-corrected chi connectivity index (χ1v) is 11.3. The maximum absolute atomic E-state index is 13.3. The van der Waals surface area contributed by atoms with Crippen LogP contribution in [0.5, 0.6) is 0 Å². The van der Waals surface area contributed by atoms with E-state index in [1.807, 2.05) is 13.1 Å². The lowest BCUT2D eigenvalue weighted by atomic mass is 9.91. The number of carboxylic acids is 1. The van der Waals surface area contributed by atoms with Crippen molar-refractivity contribution in [2.75, 3.05) is 18.4 Å². The van der Waals surface area contributed by atoms with Gasteiger partial charge in [0.1, 0.15) is 12.1 Å². The highest BCUT2D eigenvalue weighted by Gasteiger charge is 2.38. The van der Waals surface area contributed by atoms with Crippen molar-refractivity contribution in [2.24, 2.45) is 0 Å². The van der Waals surface area contributed by atoms with Crippen LogP contribution in [0.2, 0.25) is 0 Å². The van der Waals surface area contributed by atoms with E-state index in [1.54, 1.807) is 6.07 Å². The minimum atomic E-state index is -5.08. The number of carbonyl (C=O) groups is 1. The molecule has 4 rings (SSSR count). The van der Waals surface area contributed by atoms with Crippen LogP contribution in [0.4, 0.5) is 32.2 Å². The fraction of sp³-hybridized carbons (Fsp3) is 0.417. The molecule has 3 heterocycles. The molecule has 1 atom stereocenters. The SMILES string of the molecule is Cc1c([C@@H](C)Nc2ncnc3ncc(C4CCNCC4)cc23)cccc1C(F)(F)F.O=C(O)C(F)(F)F. The van der Waals surface area contributed by atoms with Gasteiger partial charge in [0, 0.05) is 6.20 Å². The predicted octanol–water partition coefficient (Wildman–Crippen LogP) is 5.63. The molecular formula is C24H25F6N5O2. The molecule has 1 aliphatic rings. The van der Waals surface area contributed by atoms with E-state index in [0.717, 1.165) is 42.9 Å². The Morgan fingerprint density at radius 1 is 1.11 bits per heavy atom. The van der Waals surface area contributed by atoms with Crippen LogP contribution in [0.3, 0.4) is 0 Å². The van der Waals surface area contributed by atoms with E-state index >= 15 is 0 Å². The van der Waals surface area contributed by atoms with E-state index in [-0.39, 0.29) is 11.6 Å². The quantitative estimate of drug-likeness (QED) is 0.377. The van der Waals surface area contributed by atoms with Crippen molar-refractivity contribution in [2.45, 2.75) is 51.0 Å². The summed E-state index contributed by atoms with van der Waals surface area (Å²) in [4.78, 5) is 22.0. The molecule has 2 aromatic heterocycles. The Morgan fingerprint density at radius 3 is 2.35 bits per heavy atom.